The Labute approximate surface area is 124 Å². The van der Waals surface area contributed by atoms with Crippen LogP contribution in [0.4, 0.5) is 4.39 Å². The number of sulfonamides is 1. The molecule has 4 nitrogen and oxygen atoms in total. The van der Waals surface area contributed by atoms with E-state index in [1.54, 1.807) is 12.1 Å². The molecule has 0 unspecified atom stereocenters. The predicted molar refractivity (Wildman–Crippen MR) is 77.9 cm³/mol. The summed E-state index contributed by atoms with van der Waals surface area (Å²) >= 11 is 0. The summed E-state index contributed by atoms with van der Waals surface area (Å²) < 4.78 is 46.1. The van der Waals surface area contributed by atoms with Gasteiger partial charge in [0.25, 0.3) is 0 Å². The summed E-state index contributed by atoms with van der Waals surface area (Å²) in [6.45, 7) is 0.920. The van der Waals surface area contributed by atoms with Gasteiger partial charge in [0.15, 0.2) is 0 Å². The molecule has 0 amide bonds. The molecule has 0 aromatic heterocycles. The van der Waals surface area contributed by atoms with Crippen molar-refractivity contribution >= 4 is 10.0 Å². The molecular weight excluding hydrogens is 293 g/mol. The smallest absolute Gasteiger partial charge is 0.215 e. The lowest BCUT2D eigenvalue weighted by Crippen LogP contribution is -2.45. The van der Waals surface area contributed by atoms with E-state index in [9.17, 15) is 12.8 Å². The SMILES string of the molecule is O=S(=O)(NC1CC1)[C@H]1CCOC[C@@H]1Cc1ccc(F)cc1. The molecule has 1 aromatic rings. The summed E-state index contributed by atoms with van der Waals surface area (Å²) in [5.41, 5.74) is 0.943. The molecule has 0 radical (unpaired) electrons. The van der Waals surface area contributed by atoms with E-state index in [1.807, 2.05) is 0 Å². The first kappa shape index (κ1) is 14.9. The van der Waals surface area contributed by atoms with Crippen molar-refractivity contribution in [3.63, 3.8) is 0 Å². The monoisotopic (exact) mass is 313 g/mol. The van der Waals surface area contributed by atoms with E-state index in [0.717, 1.165) is 18.4 Å². The molecule has 1 aliphatic heterocycles. The number of benzene rings is 1. The normalized spacial score (nSPS) is 26.7. The molecule has 2 aliphatic rings. The molecule has 2 fully saturated rings. The molecule has 116 valence electrons. The largest absolute Gasteiger partial charge is 0.381 e. The zero-order valence-corrected chi connectivity index (χ0v) is 12.6. The van der Waals surface area contributed by atoms with Gasteiger partial charge in [-0.1, -0.05) is 12.1 Å². The van der Waals surface area contributed by atoms with E-state index in [0.29, 0.717) is 26.1 Å². The maximum absolute atomic E-state index is 13.0. The Morgan fingerprint density at radius 2 is 1.90 bits per heavy atom. The van der Waals surface area contributed by atoms with Crippen LogP contribution in [0.2, 0.25) is 0 Å². The molecule has 6 heteroatoms. The van der Waals surface area contributed by atoms with Crippen molar-refractivity contribution in [3.8, 4) is 0 Å². The fourth-order valence-electron chi connectivity index (χ4n) is 2.82. The van der Waals surface area contributed by atoms with Gasteiger partial charge < -0.3 is 4.74 Å². The average molecular weight is 313 g/mol. The Kier molecular flexibility index (Phi) is 4.28. The second-order valence-electron chi connectivity index (χ2n) is 5.93. The number of nitrogens with one attached hydrogen (secondary N) is 1. The molecule has 1 N–H and O–H groups in total. The molecule has 2 atom stereocenters. The van der Waals surface area contributed by atoms with Crippen LogP contribution < -0.4 is 4.72 Å². The third kappa shape index (κ3) is 3.81. The zero-order chi connectivity index (χ0) is 14.9. The van der Waals surface area contributed by atoms with Gasteiger partial charge in [-0.05, 0) is 43.4 Å². The van der Waals surface area contributed by atoms with Gasteiger partial charge >= 0.3 is 0 Å². The van der Waals surface area contributed by atoms with Gasteiger partial charge in [0.2, 0.25) is 10.0 Å². The second-order valence-corrected chi connectivity index (χ2v) is 7.86. The van der Waals surface area contributed by atoms with E-state index in [-0.39, 0.29) is 17.8 Å². The van der Waals surface area contributed by atoms with Crippen LogP contribution in [0.5, 0.6) is 0 Å². The van der Waals surface area contributed by atoms with Gasteiger partial charge in [0.1, 0.15) is 5.82 Å². The van der Waals surface area contributed by atoms with E-state index >= 15 is 0 Å². The van der Waals surface area contributed by atoms with Crippen molar-refractivity contribution in [3.05, 3.63) is 35.6 Å². The van der Waals surface area contributed by atoms with Gasteiger partial charge in [-0.25, -0.2) is 17.5 Å². The van der Waals surface area contributed by atoms with Gasteiger partial charge in [-0.2, -0.15) is 0 Å². The van der Waals surface area contributed by atoms with Crippen molar-refractivity contribution in [1.29, 1.82) is 0 Å². The fraction of sp³-hybridized carbons (Fsp3) is 0.600. The van der Waals surface area contributed by atoms with Crippen molar-refractivity contribution in [2.75, 3.05) is 13.2 Å². The first-order valence-electron chi connectivity index (χ1n) is 7.38. The molecule has 1 saturated heterocycles. The molecule has 3 rings (SSSR count). The third-order valence-corrected chi connectivity index (χ3v) is 6.20. The van der Waals surface area contributed by atoms with E-state index in [4.69, 9.17) is 4.74 Å². The maximum atomic E-state index is 13.0. The molecule has 1 heterocycles. The number of halogens is 1. The van der Waals surface area contributed by atoms with Crippen molar-refractivity contribution < 1.29 is 17.5 Å². The Bertz CT molecular complexity index is 583. The van der Waals surface area contributed by atoms with Crippen molar-refractivity contribution in [2.24, 2.45) is 5.92 Å². The summed E-state index contributed by atoms with van der Waals surface area (Å²) in [5, 5.41) is -0.420. The quantitative estimate of drug-likeness (QED) is 0.902. The predicted octanol–water partition coefficient (Wildman–Crippen LogP) is 1.86. The lowest BCUT2D eigenvalue weighted by atomic mass is 9.93. The summed E-state index contributed by atoms with van der Waals surface area (Å²) in [7, 11) is -3.30. The highest BCUT2D eigenvalue weighted by Gasteiger charge is 2.39. The first-order valence-corrected chi connectivity index (χ1v) is 8.92. The van der Waals surface area contributed by atoms with Gasteiger partial charge in [0, 0.05) is 18.6 Å². The zero-order valence-electron chi connectivity index (χ0n) is 11.8. The van der Waals surface area contributed by atoms with Crippen LogP contribution >= 0.6 is 0 Å². The minimum atomic E-state index is -3.30. The minimum absolute atomic E-state index is 0.0829. The van der Waals surface area contributed by atoms with Gasteiger partial charge in [0.05, 0.1) is 11.9 Å². The van der Waals surface area contributed by atoms with Crippen LogP contribution in [0.25, 0.3) is 0 Å². The fourth-order valence-corrected chi connectivity index (χ4v) is 4.78. The number of hydrogen-bond acceptors (Lipinski definition) is 3. The number of rotatable bonds is 5. The molecule has 1 saturated carbocycles. The highest BCUT2D eigenvalue weighted by molar-refractivity contribution is 7.90. The van der Waals surface area contributed by atoms with Crippen LogP contribution in [-0.2, 0) is 21.2 Å². The third-order valence-electron chi connectivity index (χ3n) is 4.12. The van der Waals surface area contributed by atoms with Gasteiger partial charge in [-0.15, -0.1) is 0 Å². The van der Waals surface area contributed by atoms with Crippen LogP contribution in [0, 0.1) is 11.7 Å². The highest BCUT2D eigenvalue weighted by atomic mass is 32.2. The van der Waals surface area contributed by atoms with Crippen LogP contribution in [0.15, 0.2) is 24.3 Å². The van der Waals surface area contributed by atoms with Crippen molar-refractivity contribution in [2.45, 2.75) is 37.0 Å². The summed E-state index contributed by atoms with van der Waals surface area (Å²) in [5.74, 6) is -0.362. The van der Waals surface area contributed by atoms with E-state index in [2.05, 4.69) is 4.72 Å². The Morgan fingerprint density at radius 1 is 1.19 bits per heavy atom. The lowest BCUT2D eigenvalue weighted by Gasteiger charge is -2.31. The average Bonchev–Trinajstić information content (AvgIpc) is 3.25. The van der Waals surface area contributed by atoms with Crippen LogP contribution in [0.3, 0.4) is 0 Å². The molecule has 0 bridgehead atoms. The Morgan fingerprint density at radius 3 is 2.57 bits per heavy atom. The summed E-state index contributed by atoms with van der Waals surface area (Å²) in [6, 6.07) is 6.36. The molecule has 21 heavy (non-hydrogen) atoms. The van der Waals surface area contributed by atoms with Crippen LogP contribution in [-0.4, -0.2) is 32.9 Å². The van der Waals surface area contributed by atoms with Crippen LogP contribution in [0.1, 0.15) is 24.8 Å². The van der Waals surface area contributed by atoms with Gasteiger partial charge in [-0.3, -0.25) is 0 Å². The minimum Gasteiger partial charge on any atom is -0.381 e. The summed E-state index contributed by atoms with van der Waals surface area (Å²) in [4.78, 5) is 0. The molecule has 1 aliphatic carbocycles. The lowest BCUT2D eigenvalue weighted by molar-refractivity contribution is 0.0570. The topological polar surface area (TPSA) is 55.4 Å². The Balaban J connectivity index is 1.72. The number of hydrogen-bond donors (Lipinski definition) is 1. The van der Waals surface area contributed by atoms with Crippen molar-refractivity contribution in [1.82, 2.24) is 4.72 Å². The molecule has 0 spiro atoms. The van der Waals surface area contributed by atoms with E-state index < -0.39 is 15.3 Å². The first-order chi connectivity index (χ1) is 10.0. The van der Waals surface area contributed by atoms with E-state index in [1.165, 1.54) is 12.1 Å². The standard InChI is InChI=1S/C15H20FNO3S/c16-13-3-1-11(2-4-13)9-12-10-20-8-7-15(12)21(18,19)17-14-5-6-14/h1-4,12,14-15,17H,5-10H2/t12-,15-/m0/s1. The Hall–Kier alpha value is -0.980. The second kappa shape index (κ2) is 6.02. The highest BCUT2D eigenvalue weighted by Crippen LogP contribution is 2.28. The number of ether oxygens (including phenoxy) is 1. The molecule has 1 aromatic carbocycles. The maximum Gasteiger partial charge on any atom is 0.215 e. The molecular formula is C15H20FNO3S. The summed E-state index contributed by atoms with van der Waals surface area (Å²) in [6.07, 6.45) is 2.99.